The lowest BCUT2D eigenvalue weighted by Crippen LogP contribution is -2.49. The van der Waals surface area contributed by atoms with Gasteiger partial charge in [-0.2, -0.15) is 0 Å². The first-order valence-electron chi connectivity index (χ1n) is 12.2. The number of carbonyl (C=O) groups excluding carboxylic acids is 2. The lowest BCUT2D eigenvalue weighted by Gasteiger charge is -2.31. The Morgan fingerprint density at radius 2 is 1.78 bits per heavy atom. The molecular formula is C26H35N3O7S. The van der Waals surface area contributed by atoms with Crippen LogP contribution in [0.1, 0.15) is 38.7 Å². The number of sulfonamides is 1. The van der Waals surface area contributed by atoms with Crippen LogP contribution in [0, 0.1) is 0 Å². The van der Waals surface area contributed by atoms with Gasteiger partial charge in [0, 0.05) is 32.1 Å². The lowest BCUT2D eigenvalue weighted by molar-refractivity contribution is -0.141. The van der Waals surface area contributed by atoms with Gasteiger partial charge in [-0.25, -0.2) is 8.42 Å². The van der Waals surface area contributed by atoms with E-state index in [4.69, 9.17) is 14.2 Å². The van der Waals surface area contributed by atoms with Gasteiger partial charge < -0.3 is 24.4 Å². The number of methoxy groups -OCH3 is 1. The second-order valence-electron chi connectivity index (χ2n) is 8.66. The smallest absolute Gasteiger partial charge is 0.242 e. The Kier molecular flexibility index (Phi) is 9.62. The summed E-state index contributed by atoms with van der Waals surface area (Å²) in [5.74, 6) is 1.28. The number of hydrogen-bond acceptors (Lipinski definition) is 7. The molecule has 0 saturated carbocycles. The molecule has 0 saturated heterocycles. The molecular weight excluding hydrogens is 498 g/mol. The Bertz CT molecular complexity index is 1190. The number of nitrogens with zero attached hydrogens (tertiary/aromatic N) is 2. The third kappa shape index (κ3) is 7.28. The molecule has 3 rings (SSSR count). The maximum Gasteiger partial charge on any atom is 0.242 e. The first kappa shape index (κ1) is 28.1. The van der Waals surface area contributed by atoms with Crippen molar-refractivity contribution in [2.24, 2.45) is 0 Å². The molecule has 0 aromatic heterocycles. The molecule has 1 N–H and O–H groups in total. The minimum atomic E-state index is -3.61. The normalized spacial score (nSPS) is 13.1. The molecule has 1 aliphatic heterocycles. The molecule has 2 aromatic rings. The summed E-state index contributed by atoms with van der Waals surface area (Å²) in [5, 5.41) is 2.81. The van der Waals surface area contributed by atoms with Gasteiger partial charge in [0.2, 0.25) is 28.6 Å². The molecule has 0 aliphatic carbocycles. The maximum absolute atomic E-state index is 13.4. The second-order valence-corrected chi connectivity index (χ2v) is 10.6. The summed E-state index contributed by atoms with van der Waals surface area (Å²) < 4.78 is 42.2. The third-order valence-corrected chi connectivity index (χ3v) is 7.24. The summed E-state index contributed by atoms with van der Waals surface area (Å²) in [7, 11) is -2.03. The van der Waals surface area contributed by atoms with E-state index in [2.05, 4.69) is 5.32 Å². The minimum absolute atomic E-state index is 0.0721. The molecule has 0 unspecified atom stereocenters. The van der Waals surface area contributed by atoms with Crippen molar-refractivity contribution >= 4 is 27.5 Å². The number of rotatable bonds is 13. The fourth-order valence-corrected chi connectivity index (χ4v) is 5.14. The Morgan fingerprint density at radius 1 is 1.08 bits per heavy atom. The van der Waals surface area contributed by atoms with E-state index >= 15 is 0 Å². The first-order valence-corrected chi connectivity index (χ1v) is 14.1. The Balaban J connectivity index is 1.75. The minimum Gasteiger partial charge on any atom is -0.497 e. The first-order chi connectivity index (χ1) is 17.7. The number of amides is 2. The van der Waals surface area contributed by atoms with Crippen molar-refractivity contribution in [2.45, 2.75) is 45.7 Å². The van der Waals surface area contributed by atoms with E-state index in [0.717, 1.165) is 11.8 Å². The summed E-state index contributed by atoms with van der Waals surface area (Å²) in [6.07, 6.45) is 1.91. The molecule has 1 aliphatic rings. The molecule has 1 atom stereocenters. The number of hydrogen-bond donors (Lipinski definition) is 1. The van der Waals surface area contributed by atoms with E-state index in [1.807, 2.05) is 26.0 Å². The molecule has 0 fully saturated rings. The van der Waals surface area contributed by atoms with Crippen LogP contribution in [0.3, 0.4) is 0 Å². The standard InChI is InChI=1S/C26H35N3O7S/c1-5-22(26(31)27-6-2)28(17-19-9-12-21(34-3)13-10-19)25(30)8-7-15-29(37(4,32)33)20-11-14-23-24(16-20)36-18-35-23/h9-14,16,22H,5-8,15,17-18H2,1-4H3,(H,27,31)/t22-/m1/s1. The maximum atomic E-state index is 13.4. The topological polar surface area (TPSA) is 114 Å². The van der Waals surface area contributed by atoms with Crippen molar-refractivity contribution in [1.82, 2.24) is 10.2 Å². The lowest BCUT2D eigenvalue weighted by atomic mass is 10.1. The van der Waals surface area contributed by atoms with E-state index in [0.29, 0.717) is 35.9 Å². The van der Waals surface area contributed by atoms with Crippen LogP contribution in [0.2, 0.25) is 0 Å². The highest BCUT2D eigenvalue weighted by Crippen LogP contribution is 2.36. The van der Waals surface area contributed by atoms with E-state index in [1.165, 1.54) is 4.31 Å². The van der Waals surface area contributed by atoms with Crippen LogP contribution in [0.15, 0.2) is 42.5 Å². The van der Waals surface area contributed by atoms with Gasteiger partial charge in [-0.1, -0.05) is 19.1 Å². The zero-order chi connectivity index (χ0) is 27.0. The molecule has 11 heteroatoms. The summed E-state index contributed by atoms with van der Waals surface area (Å²) in [5.41, 5.74) is 1.29. The van der Waals surface area contributed by atoms with Gasteiger partial charge in [-0.15, -0.1) is 0 Å². The van der Waals surface area contributed by atoms with Crippen LogP contribution in [-0.4, -0.2) is 64.4 Å². The van der Waals surface area contributed by atoms with Crippen molar-refractivity contribution in [3.63, 3.8) is 0 Å². The van der Waals surface area contributed by atoms with Gasteiger partial charge in [-0.05, 0) is 49.6 Å². The summed E-state index contributed by atoms with van der Waals surface area (Å²) in [6, 6.07) is 11.6. The Morgan fingerprint density at radius 3 is 2.41 bits per heavy atom. The molecule has 0 spiro atoms. The van der Waals surface area contributed by atoms with Gasteiger partial charge in [0.05, 0.1) is 19.1 Å². The fraction of sp³-hybridized carbons (Fsp3) is 0.462. The summed E-state index contributed by atoms with van der Waals surface area (Å²) in [4.78, 5) is 27.8. The zero-order valence-corrected chi connectivity index (χ0v) is 22.5. The number of nitrogens with one attached hydrogen (secondary N) is 1. The zero-order valence-electron chi connectivity index (χ0n) is 21.7. The summed E-state index contributed by atoms with van der Waals surface area (Å²) >= 11 is 0. The third-order valence-electron chi connectivity index (χ3n) is 6.05. The highest BCUT2D eigenvalue weighted by atomic mass is 32.2. The van der Waals surface area contributed by atoms with E-state index in [1.54, 1.807) is 42.3 Å². The van der Waals surface area contributed by atoms with Crippen molar-refractivity contribution in [1.29, 1.82) is 0 Å². The number of fused-ring (bicyclic) bond motifs is 1. The quantitative estimate of drug-likeness (QED) is 0.421. The molecule has 202 valence electrons. The number of carbonyl (C=O) groups is 2. The molecule has 37 heavy (non-hydrogen) atoms. The molecule has 1 heterocycles. The van der Waals surface area contributed by atoms with Gasteiger partial charge in [0.25, 0.3) is 0 Å². The van der Waals surface area contributed by atoms with Crippen LogP contribution >= 0.6 is 0 Å². The molecule has 2 amide bonds. The van der Waals surface area contributed by atoms with Crippen LogP contribution in [0.5, 0.6) is 17.2 Å². The van der Waals surface area contributed by atoms with E-state index in [-0.39, 0.29) is 44.5 Å². The van der Waals surface area contributed by atoms with Crippen LogP contribution < -0.4 is 23.8 Å². The average molecular weight is 534 g/mol. The fourth-order valence-electron chi connectivity index (χ4n) is 4.18. The summed E-state index contributed by atoms with van der Waals surface area (Å²) in [6.45, 7) is 4.57. The van der Waals surface area contributed by atoms with Crippen molar-refractivity contribution < 1.29 is 32.2 Å². The number of benzene rings is 2. The highest BCUT2D eigenvalue weighted by Gasteiger charge is 2.29. The SMILES string of the molecule is CCNC(=O)[C@@H](CC)N(Cc1ccc(OC)cc1)C(=O)CCCN(c1ccc2c(c1)OCO2)S(C)(=O)=O. The predicted molar refractivity (Wildman–Crippen MR) is 140 cm³/mol. The van der Waals surface area contributed by atoms with Gasteiger partial charge in [0.1, 0.15) is 11.8 Å². The van der Waals surface area contributed by atoms with Gasteiger partial charge >= 0.3 is 0 Å². The number of likely N-dealkylation sites (N-methyl/N-ethyl adjacent to an activating group) is 1. The Hall–Kier alpha value is -3.47. The van der Waals surface area contributed by atoms with Crippen LogP contribution in [0.25, 0.3) is 0 Å². The number of anilines is 1. The predicted octanol–water partition coefficient (Wildman–Crippen LogP) is 2.91. The van der Waals surface area contributed by atoms with Crippen molar-refractivity contribution in [2.75, 3.05) is 37.6 Å². The molecule has 10 nitrogen and oxygen atoms in total. The monoisotopic (exact) mass is 533 g/mol. The van der Waals surface area contributed by atoms with E-state index in [9.17, 15) is 18.0 Å². The average Bonchev–Trinajstić information content (AvgIpc) is 3.34. The van der Waals surface area contributed by atoms with Crippen LogP contribution in [0.4, 0.5) is 5.69 Å². The number of ether oxygens (including phenoxy) is 3. The van der Waals surface area contributed by atoms with Crippen molar-refractivity contribution in [3.05, 3.63) is 48.0 Å². The van der Waals surface area contributed by atoms with Crippen molar-refractivity contribution in [3.8, 4) is 17.2 Å². The largest absolute Gasteiger partial charge is 0.497 e. The molecule has 2 aromatic carbocycles. The molecule has 0 bridgehead atoms. The van der Waals surface area contributed by atoms with Crippen LogP contribution in [-0.2, 0) is 26.2 Å². The molecule has 0 radical (unpaired) electrons. The van der Waals surface area contributed by atoms with E-state index < -0.39 is 16.1 Å². The van der Waals surface area contributed by atoms with Gasteiger partial charge in [-0.3, -0.25) is 13.9 Å². The van der Waals surface area contributed by atoms with Gasteiger partial charge in [0.15, 0.2) is 11.5 Å². The highest BCUT2D eigenvalue weighted by molar-refractivity contribution is 7.92. The Labute approximate surface area is 218 Å². The second kappa shape index (κ2) is 12.7.